The van der Waals surface area contributed by atoms with E-state index in [1.807, 2.05) is 12.1 Å². The summed E-state index contributed by atoms with van der Waals surface area (Å²) < 4.78 is 23.1. The Kier molecular flexibility index (Phi) is 5.46. The van der Waals surface area contributed by atoms with Crippen LogP contribution in [0, 0.1) is 0 Å². The third-order valence-electron chi connectivity index (χ3n) is 4.30. The lowest BCUT2D eigenvalue weighted by atomic mass is 10.2. The van der Waals surface area contributed by atoms with Crippen molar-refractivity contribution in [3.63, 3.8) is 0 Å². The third kappa shape index (κ3) is 4.75. The highest BCUT2D eigenvalue weighted by molar-refractivity contribution is 7.91. The van der Waals surface area contributed by atoms with Crippen LogP contribution in [0.2, 0.25) is 0 Å². The van der Waals surface area contributed by atoms with Crippen molar-refractivity contribution in [2.75, 3.05) is 30.4 Å². The number of pyridine rings is 1. The quantitative estimate of drug-likeness (QED) is 0.795. The molecule has 8 nitrogen and oxygen atoms in total. The second-order valence-corrected chi connectivity index (χ2v) is 8.59. The van der Waals surface area contributed by atoms with Crippen LogP contribution in [-0.4, -0.2) is 65.3 Å². The van der Waals surface area contributed by atoms with E-state index in [9.17, 15) is 13.2 Å². The maximum absolute atomic E-state index is 12.6. The SMILES string of the molecule is CN(CCc1ccncc1)C(=O)c1cc(NC2CCS(=O)(=O)C2)ncn1. The highest BCUT2D eigenvalue weighted by Crippen LogP contribution is 2.16. The molecule has 0 spiro atoms. The average molecular weight is 375 g/mol. The number of likely N-dealkylation sites (N-methyl/N-ethyl adjacent to an activating group) is 1. The molecule has 26 heavy (non-hydrogen) atoms. The van der Waals surface area contributed by atoms with Gasteiger partial charge in [0.1, 0.15) is 17.8 Å². The first-order valence-electron chi connectivity index (χ1n) is 8.36. The van der Waals surface area contributed by atoms with Crippen LogP contribution < -0.4 is 5.32 Å². The first kappa shape index (κ1) is 18.2. The summed E-state index contributed by atoms with van der Waals surface area (Å²) in [4.78, 5) is 26.3. The van der Waals surface area contributed by atoms with Gasteiger partial charge in [0.05, 0.1) is 11.5 Å². The van der Waals surface area contributed by atoms with Crippen molar-refractivity contribution in [1.29, 1.82) is 0 Å². The fourth-order valence-corrected chi connectivity index (χ4v) is 4.49. The van der Waals surface area contributed by atoms with Crippen molar-refractivity contribution < 1.29 is 13.2 Å². The molecule has 1 N–H and O–H groups in total. The highest BCUT2D eigenvalue weighted by atomic mass is 32.2. The molecule has 1 unspecified atom stereocenters. The summed E-state index contributed by atoms with van der Waals surface area (Å²) >= 11 is 0. The molecule has 3 heterocycles. The minimum absolute atomic E-state index is 0.0894. The van der Waals surface area contributed by atoms with Crippen LogP contribution in [0.1, 0.15) is 22.5 Å². The van der Waals surface area contributed by atoms with Gasteiger partial charge in [-0.15, -0.1) is 0 Å². The monoisotopic (exact) mass is 375 g/mol. The second-order valence-electron chi connectivity index (χ2n) is 6.36. The Morgan fingerprint density at radius 1 is 1.31 bits per heavy atom. The van der Waals surface area contributed by atoms with Crippen LogP contribution in [0.3, 0.4) is 0 Å². The van der Waals surface area contributed by atoms with Crippen molar-refractivity contribution >= 4 is 21.6 Å². The van der Waals surface area contributed by atoms with E-state index in [0.717, 1.165) is 12.0 Å². The first-order chi connectivity index (χ1) is 12.4. The Morgan fingerprint density at radius 2 is 2.08 bits per heavy atom. The van der Waals surface area contributed by atoms with Crippen molar-refractivity contribution in [3.8, 4) is 0 Å². The molecule has 1 fully saturated rings. The van der Waals surface area contributed by atoms with Crippen LogP contribution >= 0.6 is 0 Å². The van der Waals surface area contributed by atoms with Crippen molar-refractivity contribution in [2.24, 2.45) is 0 Å². The molecule has 1 aliphatic rings. The maximum atomic E-state index is 12.6. The molecule has 0 aliphatic carbocycles. The molecule has 1 saturated heterocycles. The lowest BCUT2D eigenvalue weighted by Gasteiger charge is -2.17. The van der Waals surface area contributed by atoms with Crippen LogP contribution in [-0.2, 0) is 16.3 Å². The third-order valence-corrected chi connectivity index (χ3v) is 6.07. The van der Waals surface area contributed by atoms with Crippen LogP contribution in [0.15, 0.2) is 36.9 Å². The summed E-state index contributed by atoms with van der Waals surface area (Å²) in [5.41, 5.74) is 1.38. The number of hydrogen-bond donors (Lipinski definition) is 1. The van der Waals surface area contributed by atoms with Gasteiger partial charge in [-0.1, -0.05) is 0 Å². The number of anilines is 1. The number of aromatic nitrogens is 3. The van der Waals surface area contributed by atoms with Gasteiger partial charge in [-0.25, -0.2) is 18.4 Å². The smallest absolute Gasteiger partial charge is 0.272 e. The second kappa shape index (κ2) is 7.77. The van der Waals surface area contributed by atoms with Gasteiger partial charge in [-0.05, 0) is 30.5 Å². The van der Waals surface area contributed by atoms with Crippen LogP contribution in [0.5, 0.6) is 0 Å². The average Bonchev–Trinajstić information content (AvgIpc) is 2.98. The fraction of sp³-hybridized carbons (Fsp3) is 0.412. The predicted molar refractivity (Wildman–Crippen MR) is 97.6 cm³/mol. The number of nitrogens with zero attached hydrogens (tertiary/aromatic N) is 4. The van der Waals surface area contributed by atoms with E-state index in [1.54, 1.807) is 30.4 Å². The number of hydrogen-bond acceptors (Lipinski definition) is 7. The van der Waals surface area contributed by atoms with Gasteiger partial charge in [0, 0.05) is 38.1 Å². The number of carbonyl (C=O) groups is 1. The van der Waals surface area contributed by atoms with Gasteiger partial charge in [0.25, 0.3) is 5.91 Å². The predicted octanol–water partition coefficient (Wildman–Crippen LogP) is 0.785. The fourth-order valence-electron chi connectivity index (χ4n) is 2.81. The molecular weight excluding hydrogens is 354 g/mol. The number of amides is 1. The van der Waals surface area contributed by atoms with Crippen molar-refractivity contribution in [1.82, 2.24) is 19.9 Å². The molecule has 2 aromatic rings. The topological polar surface area (TPSA) is 105 Å². The molecular formula is C17H21N5O3S. The molecule has 0 aromatic carbocycles. The van der Waals surface area contributed by atoms with Gasteiger partial charge in [0.15, 0.2) is 9.84 Å². The number of rotatable bonds is 6. The molecule has 9 heteroatoms. The van der Waals surface area contributed by atoms with Crippen molar-refractivity contribution in [3.05, 3.63) is 48.2 Å². The first-order valence-corrected chi connectivity index (χ1v) is 10.2. The van der Waals surface area contributed by atoms with E-state index in [0.29, 0.717) is 18.8 Å². The highest BCUT2D eigenvalue weighted by Gasteiger charge is 2.28. The molecule has 1 atom stereocenters. The minimum Gasteiger partial charge on any atom is -0.366 e. The van der Waals surface area contributed by atoms with Crippen LogP contribution in [0.25, 0.3) is 0 Å². The molecule has 1 amide bonds. The molecule has 138 valence electrons. The van der Waals surface area contributed by atoms with Gasteiger partial charge >= 0.3 is 0 Å². The van der Waals surface area contributed by atoms with Gasteiger partial charge in [-0.3, -0.25) is 9.78 Å². The Labute approximate surface area is 152 Å². The Bertz CT molecular complexity index is 873. The molecule has 0 bridgehead atoms. The zero-order valence-electron chi connectivity index (χ0n) is 14.5. The summed E-state index contributed by atoms with van der Waals surface area (Å²) in [5.74, 6) is 0.530. The lowest BCUT2D eigenvalue weighted by Crippen LogP contribution is -2.30. The Hall–Kier alpha value is -2.55. The number of nitrogens with one attached hydrogen (secondary N) is 1. The summed E-state index contributed by atoms with van der Waals surface area (Å²) in [6.45, 7) is 0.552. The van der Waals surface area contributed by atoms with E-state index >= 15 is 0 Å². The van der Waals surface area contributed by atoms with Gasteiger partial charge in [-0.2, -0.15) is 0 Å². The Balaban J connectivity index is 1.60. The van der Waals surface area contributed by atoms with E-state index in [4.69, 9.17) is 0 Å². The van der Waals surface area contributed by atoms with E-state index < -0.39 is 9.84 Å². The van der Waals surface area contributed by atoms with E-state index in [1.165, 1.54) is 6.33 Å². The number of carbonyl (C=O) groups excluding carboxylic acids is 1. The summed E-state index contributed by atoms with van der Waals surface area (Å²) in [6, 6.07) is 5.22. The summed E-state index contributed by atoms with van der Waals surface area (Å²) in [6.07, 6.45) is 6.03. The lowest BCUT2D eigenvalue weighted by molar-refractivity contribution is 0.0790. The molecule has 1 aliphatic heterocycles. The standard InChI is InChI=1S/C17H21N5O3S/c1-22(8-4-13-2-6-18-7-3-13)17(23)15-10-16(20-12-19-15)21-14-5-9-26(24,25)11-14/h2-3,6-7,10,12,14H,4-5,8-9,11H2,1H3,(H,19,20,21). The van der Waals surface area contributed by atoms with Gasteiger partial charge < -0.3 is 10.2 Å². The minimum atomic E-state index is -2.97. The zero-order valence-corrected chi connectivity index (χ0v) is 15.3. The molecule has 0 radical (unpaired) electrons. The molecule has 3 rings (SSSR count). The van der Waals surface area contributed by atoms with Crippen molar-refractivity contribution in [2.45, 2.75) is 18.9 Å². The van der Waals surface area contributed by atoms with E-state index in [-0.39, 0.29) is 29.1 Å². The largest absolute Gasteiger partial charge is 0.366 e. The number of sulfone groups is 1. The maximum Gasteiger partial charge on any atom is 0.272 e. The summed E-state index contributed by atoms with van der Waals surface area (Å²) in [5, 5.41) is 3.08. The van der Waals surface area contributed by atoms with E-state index in [2.05, 4.69) is 20.3 Å². The summed E-state index contributed by atoms with van der Waals surface area (Å²) in [7, 11) is -1.25. The molecule has 0 saturated carbocycles. The van der Waals surface area contributed by atoms with Gasteiger partial charge in [0.2, 0.25) is 0 Å². The normalized spacial score (nSPS) is 18.4. The zero-order chi connectivity index (χ0) is 18.6. The Morgan fingerprint density at radius 3 is 2.77 bits per heavy atom. The molecule has 2 aromatic heterocycles. The van der Waals surface area contributed by atoms with Crippen LogP contribution in [0.4, 0.5) is 5.82 Å².